The van der Waals surface area contributed by atoms with Gasteiger partial charge in [-0.25, -0.2) is 0 Å². The van der Waals surface area contributed by atoms with Crippen LogP contribution in [0.15, 0.2) is 59.3 Å². The van der Waals surface area contributed by atoms with E-state index in [1.54, 1.807) is 6.20 Å². The fourth-order valence-corrected chi connectivity index (χ4v) is 2.95. The molecule has 0 amide bonds. The zero-order valence-corrected chi connectivity index (χ0v) is 12.6. The maximum absolute atomic E-state index is 10.7. The number of benzene rings is 2. The summed E-state index contributed by atoms with van der Waals surface area (Å²) in [6.07, 6.45) is 2.90. The molecule has 0 bridgehead atoms. The normalized spacial score (nSPS) is 12.6. The Morgan fingerprint density at radius 1 is 1.05 bits per heavy atom. The number of rotatable bonds is 2. The van der Waals surface area contributed by atoms with Crippen molar-refractivity contribution in [3.63, 3.8) is 0 Å². The second-order valence-electron chi connectivity index (χ2n) is 4.85. The third-order valence-electron chi connectivity index (χ3n) is 3.52. The van der Waals surface area contributed by atoms with Gasteiger partial charge in [0.05, 0.1) is 0 Å². The van der Waals surface area contributed by atoms with Gasteiger partial charge in [0.2, 0.25) is 0 Å². The Hall–Kier alpha value is -1.71. The van der Waals surface area contributed by atoms with Crippen LogP contribution in [0.25, 0.3) is 10.8 Å². The minimum Gasteiger partial charge on any atom is -0.384 e. The first-order chi connectivity index (χ1) is 9.66. The van der Waals surface area contributed by atoms with Crippen LogP contribution in [-0.4, -0.2) is 10.1 Å². The van der Waals surface area contributed by atoms with Crippen molar-refractivity contribution in [3.05, 3.63) is 76.0 Å². The second-order valence-corrected chi connectivity index (χ2v) is 5.77. The predicted molar refractivity (Wildman–Crippen MR) is 84.7 cm³/mol. The number of aromatic nitrogens is 1. The number of aliphatic hydroxyl groups excluding tert-OH is 1. The fourth-order valence-electron chi connectivity index (χ4n) is 2.47. The summed E-state index contributed by atoms with van der Waals surface area (Å²) in [6, 6.07) is 13.9. The minimum absolute atomic E-state index is 0.665. The van der Waals surface area contributed by atoms with Crippen LogP contribution in [0.3, 0.4) is 0 Å². The molecule has 3 aromatic rings. The van der Waals surface area contributed by atoms with Crippen molar-refractivity contribution < 1.29 is 5.11 Å². The van der Waals surface area contributed by atoms with Crippen molar-refractivity contribution in [2.45, 2.75) is 13.0 Å². The van der Waals surface area contributed by atoms with Crippen LogP contribution in [0, 0.1) is 6.92 Å². The standard InChI is InChI=1S/C17H14BrNO/c1-11-8-13(18)6-7-14(11)17(20)16-10-19-9-12-4-2-3-5-15(12)16/h2-10,17,20H,1H3. The van der Waals surface area contributed by atoms with Crippen LogP contribution in [0.2, 0.25) is 0 Å². The molecule has 20 heavy (non-hydrogen) atoms. The highest BCUT2D eigenvalue weighted by Crippen LogP contribution is 2.30. The van der Waals surface area contributed by atoms with Crippen LogP contribution in [-0.2, 0) is 0 Å². The average molecular weight is 328 g/mol. The van der Waals surface area contributed by atoms with Gasteiger partial charge in [0.1, 0.15) is 6.10 Å². The molecule has 0 radical (unpaired) electrons. The second kappa shape index (κ2) is 5.35. The van der Waals surface area contributed by atoms with E-state index in [0.717, 1.165) is 31.9 Å². The maximum Gasteiger partial charge on any atom is 0.106 e. The highest BCUT2D eigenvalue weighted by Gasteiger charge is 2.16. The van der Waals surface area contributed by atoms with Crippen molar-refractivity contribution in [2.24, 2.45) is 0 Å². The molecule has 0 aliphatic rings. The lowest BCUT2D eigenvalue weighted by Crippen LogP contribution is -2.03. The molecular weight excluding hydrogens is 314 g/mol. The molecule has 1 aromatic heterocycles. The molecule has 1 heterocycles. The van der Waals surface area contributed by atoms with E-state index < -0.39 is 6.10 Å². The summed E-state index contributed by atoms with van der Waals surface area (Å²) in [6.45, 7) is 2.00. The van der Waals surface area contributed by atoms with Gasteiger partial charge < -0.3 is 5.11 Å². The summed E-state index contributed by atoms with van der Waals surface area (Å²) < 4.78 is 1.02. The van der Waals surface area contributed by atoms with E-state index in [4.69, 9.17) is 0 Å². The Kier molecular flexibility index (Phi) is 3.55. The summed E-state index contributed by atoms with van der Waals surface area (Å²) in [5.41, 5.74) is 2.81. The number of hydrogen-bond donors (Lipinski definition) is 1. The first kappa shape index (κ1) is 13.3. The summed E-state index contributed by atoms with van der Waals surface area (Å²) in [5.74, 6) is 0. The van der Waals surface area contributed by atoms with Crippen LogP contribution in [0.5, 0.6) is 0 Å². The number of aliphatic hydroxyl groups is 1. The van der Waals surface area contributed by atoms with Gasteiger partial charge in [-0.2, -0.15) is 0 Å². The fraction of sp³-hybridized carbons (Fsp3) is 0.118. The molecule has 0 saturated carbocycles. The molecular formula is C17H14BrNO. The Bertz CT molecular complexity index is 765. The highest BCUT2D eigenvalue weighted by molar-refractivity contribution is 9.10. The summed E-state index contributed by atoms with van der Waals surface area (Å²) in [5, 5.41) is 12.8. The van der Waals surface area contributed by atoms with Gasteiger partial charge in [-0.15, -0.1) is 0 Å². The summed E-state index contributed by atoms with van der Waals surface area (Å²) in [4.78, 5) is 4.24. The number of aryl methyl sites for hydroxylation is 1. The van der Waals surface area contributed by atoms with E-state index in [1.165, 1.54) is 0 Å². The SMILES string of the molecule is Cc1cc(Br)ccc1C(O)c1cncc2ccccc12. The number of hydrogen-bond acceptors (Lipinski definition) is 2. The van der Waals surface area contributed by atoms with Crippen LogP contribution < -0.4 is 0 Å². The predicted octanol–water partition coefficient (Wildman–Crippen LogP) is 4.39. The summed E-state index contributed by atoms with van der Waals surface area (Å²) >= 11 is 3.45. The maximum atomic E-state index is 10.7. The lowest BCUT2D eigenvalue weighted by molar-refractivity contribution is 0.220. The Morgan fingerprint density at radius 3 is 2.65 bits per heavy atom. The Labute approximate surface area is 126 Å². The number of pyridine rings is 1. The van der Waals surface area contributed by atoms with Crippen LogP contribution in [0.4, 0.5) is 0 Å². The van der Waals surface area contributed by atoms with Gasteiger partial charge in [0.25, 0.3) is 0 Å². The molecule has 0 saturated heterocycles. The molecule has 3 rings (SSSR count). The van der Waals surface area contributed by atoms with E-state index in [-0.39, 0.29) is 0 Å². The first-order valence-corrected chi connectivity index (χ1v) is 7.23. The minimum atomic E-state index is -0.665. The lowest BCUT2D eigenvalue weighted by Gasteiger charge is -2.16. The quantitative estimate of drug-likeness (QED) is 0.757. The Balaban J connectivity index is 2.15. The zero-order valence-electron chi connectivity index (χ0n) is 11.0. The van der Waals surface area contributed by atoms with Crippen LogP contribution in [0.1, 0.15) is 22.8 Å². The van der Waals surface area contributed by atoms with Crippen molar-refractivity contribution in [3.8, 4) is 0 Å². The molecule has 0 spiro atoms. The molecule has 2 nitrogen and oxygen atoms in total. The monoisotopic (exact) mass is 327 g/mol. The number of fused-ring (bicyclic) bond motifs is 1. The van der Waals surface area contributed by atoms with Crippen molar-refractivity contribution in [2.75, 3.05) is 0 Å². The molecule has 1 atom stereocenters. The van der Waals surface area contributed by atoms with E-state index in [1.807, 2.05) is 55.6 Å². The molecule has 2 aromatic carbocycles. The first-order valence-electron chi connectivity index (χ1n) is 6.43. The summed E-state index contributed by atoms with van der Waals surface area (Å²) in [7, 11) is 0. The van der Waals surface area contributed by atoms with Gasteiger partial charge >= 0.3 is 0 Å². The average Bonchev–Trinajstić information content (AvgIpc) is 2.46. The molecule has 100 valence electrons. The van der Waals surface area contributed by atoms with Crippen molar-refractivity contribution in [1.82, 2.24) is 4.98 Å². The van der Waals surface area contributed by atoms with Crippen LogP contribution >= 0.6 is 15.9 Å². The topological polar surface area (TPSA) is 33.1 Å². The molecule has 0 aliphatic carbocycles. The number of halogens is 1. The zero-order chi connectivity index (χ0) is 14.1. The number of nitrogens with zero attached hydrogens (tertiary/aromatic N) is 1. The van der Waals surface area contributed by atoms with Gasteiger partial charge in [0, 0.05) is 27.8 Å². The molecule has 1 unspecified atom stereocenters. The van der Waals surface area contributed by atoms with Crippen molar-refractivity contribution in [1.29, 1.82) is 0 Å². The third kappa shape index (κ3) is 2.35. The highest BCUT2D eigenvalue weighted by atomic mass is 79.9. The van der Waals surface area contributed by atoms with E-state index in [2.05, 4.69) is 20.9 Å². The van der Waals surface area contributed by atoms with Gasteiger partial charge in [-0.3, -0.25) is 4.98 Å². The molecule has 0 fully saturated rings. The van der Waals surface area contributed by atoms with Crippen molar-refractivity contribution >= 4 is 26.7 Å². The van der Waals surface area contributed by atoms with Gasteiger partial charge in [0.15, 0.2) is 0 Å². The molecule has 1 N–H and O–H groups in total. The smallest absolute Gasteiger partial charge is 0.106 e. The largest absolute Gasteiger partial charge is 0.384 e. The van der Waals surface area contributed by atoms with Gasteiger partial charge in [-0.1, -0.05) is 46.3 Å². The van der Waals surface area contributed by atoms with Gasteiger partial charge in [-0.05, 0) is 35.6 Å². The Morgan fingerprint density at radius 2 is 1.85 bits per heavy atom. The third-order valence-corrected chi connectivity index (χ3v) is 4.01. The van der Waals surface area contributed by atoms with E-state index in [0.29, 0.717) is 0 Å². The molecule has 3 heteroatoms. The van der Waals surface area contributed by atoms with E-state index in [9.17, 15) is 5.11 Å². The lowest BCUT2D eigenvalue weighted by atomic mass is 9.95. The van der Waals surface area contributed by atoms with E-state index >= 15 is 0 Å². The molecule has 0 aliphatic heterocycles.